The monoisotopic (exact) mass is 170 g/mol. The summed E-state index contributed by atoms with van der Waals surface area (Å²) >= 11 is 0. The highest BCUT2D eigenvalue weighted by Gasteiger charge is 2.23. The van der Waals surface area contributed by atoms with Gasteiger partial charge in [-0.15, -0.1) is 0 Å². The number of carbonyl (C=O) groups excluding carboxylic acids is 2. The molecule has 0 unspecified atom stereocenters. The second-order valence-corrected chi connectivity index (χ2v) is 3.34. The van der Waals surface area contributed by atoms with Crippen LogP contribution >= 0.6 is 0 Å². The highest BCUT2D eigenvalue weighted by molar-refractivity contribution is 6.34. The molecule has 0 atom stereocenters. The third-order valence-electron chi connectivity index (χ3n) is 2.28. The number of carbonyl (C=O) groups is 2. The molecule has 4 nitrogen and oxygen atoms in total. The van der Waals surface area contributed by atoms with Crippen molar-refractivity contribution in [3.05, 3.63) is 0 Å². The van der Waals surface area contributed by atoms with Gasteiger partial charge in [0.25, 0.3) is 0 Å². The lowest BCUT2D eigenvalue weighted by Crippen LogP contribution is -2.44. The van der Waals surface area contributed by atoms with E-state index in [2.05, 4.69) is 6.92 Å². The van der Waals surface area contributed by atoms with Crippen LogP contribution in [-0.2, 0) is 9.59 Å². The molecule has 1 saturated heterocycles. The molecule has 0 saturated carbocycles. The highest BCUT2D eigenvalue weighted by Crippen LogP contribution is 2.15. The Morgan fingerprint density at radius 3 is 2.25 bits per heavy atom. The summed E-state index contributed by atoms with van der Waals surface area (Å²) in [6.45, 7) is 3.48. The predicted octanol–water partition coefficient (Wildman–Crippen LogP) is -0.270. The summed E-state index contributed by atoms with van der Waals surface area (Å²) in [6, 6.07) is 0. The molecule has 1 fully saturated rings. The summed E-state index contributed by atoms with van der Waals surface area (Å²) in [5, 5.41) is 0. The Hall–Kier alpha value is -1.06. The summed E-state index contributed by atoms with van der Waals surface area (Å²) in [5.41, 5.74) is 4.87. The van der Waals surface area contributed by atoms with E-state index in [9.17, 15) is 9.59 Å². The molecule has 2 N–H and O–H groups in total. The fourth-order valence-corrected chi connectivity index (χ4v) is 1.37. The zero-order valence-electron chi connectivity index (χ0n) is 7.25. The van der Waals surface area contributed by atoms with Crippen LogP contribution in [0.15, 0.2) is 0 Å². The topological polar surface area (TPSA) is 63.4 Å². The minimum Gasteiger partial charge on any atom is -0.361 e. The van der Waals surface area contributed by atoms with E-state index < -0.39 is 11.8 Å². The quantitative estimate of drug-likeness (QED) is 0.509. The largest absolute Gasteiger partial charge is 0.361 e. The number of piperidine rings is 1. The Kier molecular flexibility index (Phi) is 2.68. The molecule has 0 aromatic rings. The molecule has 0 aliphatic carbocycles. The Morgan fingerprint density at radius 2 is 1.83 bits per heavy atom. The maximum atomic E-state index is 11.1. The van der Waals surface area contributed by atoms with Crippen molar-refractivity contribution in [2.75, 3.05) is 13.1 Å². The first-order valence-corrected chi connectivity index (χ1v) is 4.20. The van der Waals surface area contributed by atoms with Crippen LogP contribution in [0.5, 0.6) is 0 Å². The van der Waals surface area contributed by atoms with Crippen LogP contribution in [0.1, 0.15) is 19.8 Å². The molecule has 1 heterocycles. The van der Waals surface area contributed by atoms with E-state index in [4.69, 9.17) is 5.73 Å². The molecule has 0 radical (unpaired) electrons. The molecule has 4 heteroatoms. The molecule has 2 amide bonds. The fraction of sp³-hybridized carbons (Fsp3) is 0.750. The van der Waals surface area contributed by atoms with Gasteiger partial charge in [-0.05, 0) is 18.8 Å². The van der Waals surface area contributed by atoms with E-state index in [0.717, 1.165) is 12.8 Å². The second-order valence-electron chi connectivity index (χ2n) is 3.34. The first kappa shape index (κ1) is 9.03. The van der Waals surface area contributed by atoms with Crippen molar-refractivity contribution >= 4 is 11.8 Å². The summed E-state index contributed by atoms with van der Waals surface area (Å²) in [5.74, 6) is -0.728. The smallest absolute Gasteiger partial charge is 0.311 e. The number of primary amides is 1. The van der Waals surface area contributed by atoms with Gasteiger partial charge in [-0.3, -0.25) is 9.59 Å². The van der Waals surface area contributed by atoms with E-state index in [1.54, 1.807) is 0 Å². The molecule has 0 bridgehead atoms. The molecule has 12 heavy (non-hydrogen) atoms. The Balaban J connectivity index is 2.44. The lowest BCUT2D eigenvalue weighted by molar-refractivity contribution is -0.145. The molecule has 1 aliphatic heterocycles. The van der Waals surface area contributed by atoms with Crippen molar-refractivity contribution in [2.24, 2.45) is 11.7 Å². The van der Waals surface area contributed by atoms with E-state index >= 15 is 0 Å². The van der Waals surface area contributed by atoms with Crippen molar-refractivity contribution < 1.29 is 9.59 Å². The molecule has 68 valence electrons. The maximum Gasteiger partial charge on any atom is 0.311 e. The normalized spacial score (nSPS) is 19.2. The van der Waals surface area contributed by atoms with Gasteiger partial charge in [0, 0.05) is 13.1 Å². The molecule has 1 aliphatic rings. The number of hydrogen-bond donors (Lipinski definition) is 1. The van der Waals surface area contributed by atoms with Crippen molar-refractivity contribution in [3.63, 3.8) is 0 Å². The van der Waals surface area contributed by atoms with E-state index in [0.29, 0.717) is 19.0 Å². The summed E-state index contributed by atoms with van der Waals surface area (Å²) < 4.78 is 0. The van der Waals surface area contributed by atoms with Gasteiger partial charge in [-0.1, -0.05) is 6.92 Å². The average Bonchev–Trinajstić information content (AvgIpc) is 2.04. The lowest BCUT2D eigenvalue weighted by Gasteiger charge is -2.29. The van der Waals surface area contributed by atoms with Gasteiger partial charge in [-0.25, -0.2) is 0 Å². The Labute approximate surface area is 71.7 Å². The molecular weight excluding hydrogens is 156 g/mol. The standard InChI is InChI=1S/C8H14N2O2/c1-6-2-4-10(5-3-6)8(12)7(9)11/h6H,2-5H2,1H3,(H2,9,11). The lowest BCUT2D eigenvalue weighted by atomic mass is 9.99. The third-order valence-corrected chi connectivity index (χ3v) is 2.28. The van der Waals surface area contributed by atoms with Gasteiger partial charge in [-0.2, -0.15) is 0 Å². The van der Waals surface area contributed by atoms with Crippen molar-refractivity contribution in [3.8, 4) is 0 Å². The van der Waals surface area contributed by atoms with Crippen LogP contribution in [-0.4, -0.2) is 29.8 Å². The number of rotatable bonds is 0. The minimum absolute atomic E-state index is 0.540. The Bertz CT molecular complexity index is 195. The zero-order valence-corrected chi connectivity index (χ0v) is 7.25. The van der Waals surface area contributed by atoms with Crippen LogP contribution in [0.2, 0.25) is 0 Å². The van der Waals surface area contributed by atoms with Crippen LogP contribution < -0.4 is 5.73 Å². The number of nitrogens with two attached hydrogens (primary N) is 1. The fourth-order valence-electron chi connectivity index (χ4n) is 1.37. The van der Waals surface area contributed by atoms with Gasteiger partial charge < -0.3 is 10.6 Å². The van der Waals surface area contributed by atoms with Crippen molar-refractivity contribution in [1.29, 1.82) is 0 Å². The van der Waals surface area contributed by atoms with Gasteiger partial charge in [0.15, 0.2) is 0 Å². The Morgan fingerprint density at radius 1 is 1.33 bits per heavy atom. The van der Waals surface area contributed by atoms with Crippen LogP contribution in [0, 0.1) is 5.92 Å². The summed E-state index contributed by atoms with van der Waals surface area (Å²) in [6.07, 6.45) is 1.94. The third kappa shape index (κ3) is 1.96. The number of likely N-dealkylation sites (tertiary alicyclic amines) is 1. The van der Waals surface area contributed by atoms with Crippen LogP contribution in [0.3, 0.4) is 0 Å². The maximum absolute atomic E-state index is 11.1. The van der Waals surface area contributed by atoms with E-state index in [-0.39, 0.29) is 0 Å². The second kappa shape index (κ2) is 3.56. The van der Waals surface area contributed by atoms with Gasteiger partial charge >= 0.3 is 11.8 Å². The zero-order chi connectivity index (χ0) is 9.14. The van der Waals surface area contributed by atoms with Crippen molar-refractivity contribution in [1.82, 2.24) is 4.90 Å². The number of amides is 2. The van der Waals surface area contributed by atoms with Gasteiger partial charge in [0.05, 0.1) is 0 Å². The number of hydrogen-bond acceptors (Lipinski definition) is 2. The van der Waals surface area contributed by atoms with Gasteiger partial charge in [0.1, 0.15) is 0 Å². The van der Waals surface area contributed by atoms with Gasteiger partial charge in [0.2, 0.25) is 0 Å². The minimum atomic E-state index is -0.843. The first-order chi connectivity index (χ1) is 5.61. The highest BCUT2D eigenvalue weighted by atomic mass is 16.2. The van der Waals surface area contributed by atoms with E-state index in [1.807, 2.05) is 0 Å². The first-order valence-electron chi connectivity index (χ1n) is 4.20. The predicted molar refractivity (Wildman–Crippen MR) is 44.2 cm³/mol. The van der Waals surface area contributed by atoms with Crippen LogP contribution in [0.4, 0.5) is 0 Å². The molecule has 1 rings (SSSR count). The number of nitrogens with zero attached hydrogens (tertiary/aromatic N) is 1. The molecule has 0 aromatic carbocycles. The summed E-state index contributed by atoms with van der Waals surface area (Å²) in [4.78, 5) is 23.1. The SMILES string of the molecule is CC1CCN(C(=O)C(N)=O)CC1. The van der Waals surface area contributed by atoms with Crippen LogP contribution in [0.25, 0.3) is 0 Å². The van der Waals surface area contributed by atoms with E-state index in [1.165, 1.54) is 4.90 Å². The average molecular weight is 170 g/mol. The van der Waals surface area contributed by atoms with Crippen molar-refractivity contribution in [2.45, 2.75) is 19.8 Å². The molecule has 0 spiro atoms. The molecule has 0 aromatic heterocycles. The molecular formula is C8H14N2O2. The summed E-state index contributed by atoms with van der Waals surface area (Å²) in [7, 11) is 0.